The van der Waals surface area contributed by atoms with E-state index in [4.69, 9.17) is 14.0 Å². The summed E-state index contributed by atoms with van der Waals surface area (Å²) in [6, 6.07) is 18.7. The van der Waals surface area contributed by atoms with Crippen LogP contribution >= 0.6 is 15.9 Å². The van der Waals surface area contributed by atoms with E-state index in [0.717, 1.165) is 45.8 Å². The first-order valence-corrected chi connectivity index (χ1v) is 10.9. The molecule has 2 unspecified atom stereocenters. The molecule has 0 spiro atoms. The molecule has 0 fully saturated rings. The van der Waals surface area contributed by atoms with E-state index in [1.54, 1.807) is 6.26 Å². The van der Waals surface area contributed by atoms with Gasteiger partial charge in [0.1, 0.15) is 23.4 Å². The van der Waals surface area contributed by atoms with Crippen LogP contribution in [0.15, 0.2) is 75.6 Å². The van der Waals surface area contributed by atoms with Crippen molar-refractivity contribution in [2.75, 3.05) is 12.1 Å². The normalized spacial score (nSPS) is 15.1. The summed E-state index contributed by atoms with van der Waals surface area (Å²) >= 11 is 3.48. The predicted octanol–water partition coefficient (Wildman–Crippen LogP) is 6.31. The molecule has 2 atom stereocenters. The van der Waals surface area contributed by atoms with Gasteiger partial charge >= 0.3 is 0 Å². The second kappa shape index (κ2) is 9.39. The molecule has 2 heterocycles. The van der Waals surface area contributed by atoms with E-state index in [9.17, 15) is 0 Å². The minimum absolute atomic E-state index is 0.177. The van der Waals surface area contributed by atoms with Gasteiger partial charge in [-0.25, -0.2) is 0 Å². The van der Waals surface area contributed by atoms with Crippen molar-refractivity contribution in [3.05, 3.63) is 82.3 Å². The summed E-state index contributed by atoms with van der Waals surface area (Å²) in [5.74, 6) is 1.88. The number of benzene rings is 2. The van der Waals surface area contributed by atoms with Gasteiger partial charge in [0.2, 0.25) is 6.79 Å². The molecule has 1 aromatic heterocycles. The maximum absolute atomic E-state index is 5.73. The number of ether oxygens (including phenoxy) is 2. The van der Waals surface area contributed by atoms with Crippen molar-refractivity contribution in [2.45, 2.75) is 32.7 Å². The van der Waals surface area contributed by atoms with Crippen molar-refractivity contribution >= 4 is 21.6 Å². The van der Waals surface area contributed by atoms with Crippen LogP contribution in [0.4, 0.5) is 5.69 Å². The molecule has 2 aromatic carbocycles. The van der Waals surface area contributed by atoms with Crippen LogP contribution in [0.1, 0.15) is 24.6 Å². The summed E-state index contributed by atoms with van der Waals surface area (Å²) in [5.41, 5.74) is 4.05. The summed E-state index contributed by atoms with van der Waals surface area (Å²) in [6.45, 7) is 4.42. The number of rotatable bonds is 8. The summed E-state index contributed by atoms with van der Waals surface area (Å²) in [4.78, 5) is 0. The van der Waals surface area contributed by atoms with Gasteiger partial charge in [0.05, 0.1) is 0 Å². The number of anilines is 1. The van der Waals surface area contributed by atoms with Gasteiger partial charge in [-0.05, 0) is 56.5 Å². The molecule has 0 amide bonds. The molecule has 1 aliphatic heterocycles. The lowest BCUT2D eigenvalue weighted by Crippen LogP contribution is -2.22. The highest BCUT2D eigenvalue weighted by Gasteiger charge is 2.24. The predicted molar refractivity (Wildman–Crippen MR) is 121 cm³/mol. The minimum Gasteiger partial charge on any atom is -0.462 e. The van der Waals surface area contributed by atoms with Gasteiger partial charge < -0.3 is 19.3 Å². The van der Waals surface area contributed by atoms with Crippen LogP contribution in [-0.2, 0) is 15.9 Å². The number of aromatic nitrogens is 1. The first-order valence-electron chi connectivity index (χ1n) is 10.1. The number of hydrogen-bond acceptors (Lipinski definition) is 5. The third-order valence-electron chi connectivity index (χ3n) is 5.22. The summed E-state index contributed by atoms with van der Waals surface area (Å²) in [5, 5.41) is 7.81. The first-order chi connectivity index (χ1) is 14.6. The Kier molecular flexibility index (Phi) is 6.43. The monoisotopic (exact) mass is 468 g/mol. The average molecular weight is 469 g/mol. The summed E-state index contributed by atoms with van der Waals surface area (Å²) < 4.78 is 17.7. The van der Waals surface area contributed by atoms with Crippen LogP contribution in [0.25, 0.3) is 11.3 Å². The zero-order valence-corrected chi connectivity index (χ0v) is 18.7. The quantitative estimate of drug-likeness (QED) is 0.419. The molecule has 4 rings (SSSR count). The fourth-order valence-electron chi connectivity index (χ4n) is 3.74. The van der Waals surface area contributed by atoms with Crippen LogP contribution in [0.2, 0.25) is 0 Å². The van der Waals surface area contributed by atoms with Crippen LogP contribution in [0.5, 0.6) is 0 Å². The Bertz CT molecular complexity index is 999. The zero-order valence-electron chi connectivity index (χ0n) is 17.1. The highest BCUT2D eigenvalue weighted by atomic mass is 79.9. The smallest absolute Gasteiger partial charge is 0.229 e. The van der Waals surface area contributed by atoms with E-state index >= 15 is 0 Å². The van der Waals surface area contributed by atoms with Gasteiger partial charge in [-0.3, -0.25) is 0 Å². The molecule has 30 heavy (non-hydrogen) atoms. The van der Waals surface area contributed by atoms with Crippen LogP contribution in [-0.4, -0.2) is 18.0 Å². The van der Waals surface area contributed by atoms with Crippen LogP contribution < -0.4 is 5.32 Å². The average Bonchev–Trinajstić information content (AvgIpc) is 3.40. The summed E-state index contributed by atoms with van der Waals surface area (Å²) in [7, 11) is 0. The van der Waals surface area contributed by atoms with Crippen molar-refractivity contribution in [3.63, 3.8) is 0 Å². The molecule has 0 radical (unpaired) electrons. The minimum atomic E-state index is 0.177. The molecule has 1 N–H and O–H groups in total. The van der Waals surface area contributed by atoms with Crippen molar-refractivity contribution in [1.82, 2.24) is 5.16 Å². The number of nitrogens with one attached hydrogen (secondary N) is 1. The number of halogens is 1. The molecule has 5 nitrogen and oxygen atoms in total. The molecular formula is C24H25BrN2O3. The number of hydrogen-bond donors (Lipinski definition) is 1. The van der Waals surface area contributed by atoms with Gasteiger partial charge in [0.25, 0.3) is 0 Å². The maximum atomic E-state index is 5.73. The second-order valence-corrected chi connectivity index (χ2v) is 8.51. The van der Waals surface area contributed by atoms with Gasteiger partial charge in [-0.1, -0.05) is 51.4 Å². The molecule has 3 aromatic rings. The highest BCUT2D eigenvalue weighted by Crippen LogP contribution is 2.33. The third kappa shape index (κ3) is 4.87. The Hall–Kier alpha value is -2.73. The Morgan fingerprint density at radius 2 is 1.87 bits per heavy atom. The molecule has 0 bridgehead atoms. The lowest BCUT2D eigenvalue weighted by atomic mass is 9.91. The molecule has 156 valence electrons. The maximum Gasteiger partial charge on any atom is 0.229 e. The fraction of sp³-hybridized carbons (Fsp3) is 0.292. The van der Waals surface area contributed by atoms with Crippen LogP contribution in [0, 0.1) is 12.8 Å². The molecule has 6 heteroatoms. The van der Waals surface area contributed by atoms with Crippen LogP contribution in [0.3, 0.4) is 0 Å². The Labute approximate surface area is 185 Å². The largest absolute Gasteiger partial charge is 0.462 e. The van der Waals surface area contributed by atoms with Gasteiger partial charge in [-0.15, -0.1) is 0 Å². The van der Waals surface area contributed by atoms with Crippen molar-refractivity contribution < 1.29 is 14.0 Å². The van der Waals surface area contributed by atoms with Crippen molar-refractivity contribution in [2.24, 2.45) is 5.92 Å². The Morgan fingerprint density at radius 1 is 1.10 bits per heavy atom. The van der Waals surface area contributed by atoms with E-state index < -0.39 is 0 Å². The molecular weight excluding hydrogens is 444 g/mol. The summed E-state index contributed by atoms with van der Waals surface area (Å²) in [6.07, 6.45) is 3.52. The van der Waals surface area contributed by atoms with E-state index in [-0.39, 0.29) is 12.0 Å². The molecule has 0 saturated heterocycles. The Morgan fingerprint density at radius 3 is 2.57 bits per heavy atom. The SMILES string of the molecule is Cc1noc(-c2ccc(Br)cc2)c1NC(C)CC(Cc1ccccc1)C1=COCO1. The molecule has 1 aliphatic rings. The van der Waals surface area contributed by atoms with E-state index in [2.05, 4.69) is 57.6 Å². The molecule has 0 saturated carbocycles. The zero-order chi connectivity index (χ0) is 20.9. The fourth-order valence-corrected chi connectivity index (χ4v) is 4.00. The standard InChI is InChI=1S/C24H25BrN2O3/c1-16(12-20(22-14-28-15-29-22)13-18-6-4-3-5-7-18)26-23-17(2)27-30-24(23)19-8-10-21(25)11-9-19/h3-11,14,16,20,26H,12-13,15H2,1-2H3. The number of aryl methyl sites for hydroxylation is 1. The molecule has 0 aliphatic carbocycles. The lowest BCUT2D eigenvalue weighted by Gasteiger charge is -2.22. The van der Waals surface area contributed by atoms with E-state index in [1.807, 2.05) is 37.3 Å². The van der Waals surface area contributed by atoms with Crippen molar-refractivity contribution in [1.29, 1.82) is 0 Å². The lowest BCUT2D eigenvalue weighted by molar-refractivity contribution is 0.0694. The highest BCUT2D eigenvalue weighted by molar-refractivity contribution is 9.10. The van der Waals surface area contributed by atoms with Gasteiger partial charge in [-0.2, -0.15) is 0 Å². The number of nitrogens with zero attached hydrogens (tertiary/aromatic N) is 1. The third-order valence-corrected chi connectivity index (χ3v) is 5.75. The topological polar surface area (TPSA) is 56.5 Å². The number of allylic oxidation sites excluding steroid dienone is 1. The first kappa shape index (κ1) is 20.5. The van der Waals surface area contributed by atoms with Crippen molar-refractivity contribution in [3.8, 4) is 11.3 Å². The van der Waals surface area contributed by atoms with E-state index in [1.165, 1.54) is 5.56 Å². The Balaban J connectivity index is 1.50. The van der Waals surface area contributed by atoms with Gasteiger partial charge in [0, 0.05) is 22.0 Å². The van der Waals surface area contributed by atoms with E-state index in [0.29, 0.717) is 6.79 Å². The second-order valence-electron chi connectivity index (χ2n) is 7.60. The van der Waals surface area contributed by atoms with Gasteiger partial charge in [0.15, 0.2) is 5.76 Å².